The van der Waals surface area contributed by atoms with Crippen molar-refractivity contribution < 1.29 is 9.59 Å². The standard InChI is InChI=1S/C21H20N4O3/c22-19(26)14-6-3-4-7-16(14)24-20(27)13-9-10-15-17(12-13)23-18-8-2-1-5-11-25(18)21(15)28/h3-4,6-7,9-10,12H,1-2,5,8,11H2,(H2,22,26)(H,24,27). The summed E-state index contributed by atoms with van der Waals surface area (Å²) < 4.78 is 1.75. The first kappa shape index (κ1) is 17.9. The molecule has 0 saturated heterocycles. The number of carbonyl (C=O) groups is 2. The van der Waals surface area contributed by atoms with Crippen LogP contribution in [0.1, 0.15) is 45.8 Å². The largest absolute Gasteiger partial charge is 0.366 e. The molecule has 0 atom stereocenters. The molecule has 2 amide bonds. The highest BCUT2D eigenvalue weighted by atomic mass is 16.2. The van der Waals surface area contributed by atoms with E-state index in [1.54, 1.807) is 47.0 Å². The van der Waals surface area contributed by atoms with Crippen molar-refractivity contribution in [1.29, 1.82) is 0 Å². The molecule has 4 rings (SSSR count). The van der Waals surface area contributed by atoms with E-state index in [0.29, 0.717) is 28.7 Å². The lowest BCUT2D eigenvalue weighted by Gasteiger charge is -2.12. The first-order valence-corrected chi connectivity index (χ1v) is 9.28. The zero-order valence-electron chi connectivity index (χ0n) is 15.3. The molecule has 2 aromatic carbocycles. The van der Waals surface area contributed by atoms with Crippen LogP contribution in [-0.4, -0.2) is 21.4 Å². The van der Waals surface area contributed by atoms with Crippen LogP contribution in [-0.2, 0) is 13.0 Å². The van der Waals surface area contributed by atoms with E-state index in [1.807, 2.05) is 0 Å². The van der Waals surface area contributed by atoms with Gasteiger partial charge in [0.05, 0.1) is 22.2 Å². The number of aromatic nitrogens is 2. The maximum atomic E-state index is 12.8. The van der Waals surface area contributed by atoms with E-state index in [2.05, 4.69) is 10.3 Å². The quantitative estimate of drug-likeness (QED) is 0.732. The van der Waals surface area contributed by atoms with Gasteiger partial charge in [-0.2, -0.15) is 0 Å². The summed E-state index contributed by atoms with van der Waals surface area (Å²) in [5, 5.41) is 3.21. The molecule has 7 nitrogen and oxygen atoms in total. The van der Waals surface area contributed by atoms with Crippen LogP contribution in [0.3, 0.4) is 0 Å². The third kappa shape index (κ3) is 3.26. The van der Waals surface area contributed by atoms with Gasteiger partial charge in [-0.25, -0.2) is 4.98 Å². The third-order valence-corrected chi connectivity index (χ3v) is 5.02. The van der Waals surface area contributed by atoms with Crippen molar-refractivity contribution in [2.75, 3.05) is 5.32 Å². The Balaban J connectivity index is 1.71. The molecule has 0 bridgehead atoms. The van der Waals surface area contributed by atoms with Crippen molar-refractivity contribution in [3.8, 4) is 0 Å². The average molecular weight is 376 g/mol. The molecule has 1 aromatic heterocycles. The van der Waals surface area contributed by atoms with Crippen LogP contribution in [0.4, 0.5) is 5.69 Å². The second-order valence-corrected chi connectivity index (χ2v) is 6.89. The monoisotopic (exact) mass is 376 g/mol. The number of benzene rings is 2. The van der Waals surface area contributed by atoms with Crippen molar-refractivity contribution in [3.05, 3.63) is 69.8 Å². The lowest BCUT2D eigenvalue weighted by atomic mass is 10.1. The number of hydrogen-bond acceptors (Lipinski definition) is 4. The van der Waals surface area contributed by atoms with Crippen molar-refractivity contribution in [2.24, 2.45) is 5.73 Å². The number of rotatable bonds is 3. The number of para-hydroxylation sites is 1. The minimum Gasteiger partial charge on any atom is -0.366 e. The molecule has 7 heteroatoms. The summed E-state index contributed by atoms with van der Waals surface area (Å²) >= 11 is 0. The summed E-state index contributed by atoms with van der Waals surface area (Å²) in [6, 6.07) is 11.4. The van der Waals surface area contributed by atoms with E-state index in [0.717, 1.165) is 31.5 Å². The SMILES string of the molecule is NC(=O)c1ccccc1NC(=O)c1ccc2c(=O)n3c(nc2c1)CCCCC3. The van der Waals surface area contributed by atoms with E-state index < -0.39 is 11.8 Å². The molecule has 142 valence electrons. The Bertz CT molecular complexity index is 1150. The predicted molar refractivity (Wildman–Crippen MR) is 106 cm³/mol. The number of primary amides is 1. The second-order valence-electron chi connectivity index (χ2n) is 6.89. The Morgan fingerprint density at radius 1 is 1.07 bits per heavy atom. The molecule has 0 aliphatic carbocycles. The van der Waals surface area contributed by atoms with Crippen LogP contribution in [0.5, 0.6) is 0 Å². The number of nitrogens with two attached hydrogens (primary N) is 1. The van der Waals surface area contributed by atoms with Gasteiger partial charge in [-0.3, -0.25) is 19.0 Å². The number of nitrogens with one attached hydrogen (secondary N) is 1. The fourth-order valence-electron chi connectivity index (χ4n) is 3.56. The average Bonchev–Trinajstić information content (AvgIpc) is 2.93. The number of amides is 2. The van der Waals surface area contributed by atoms with Gasteiger partial charge in [0, 0.05) is 18.5 Å². The smallest absolute Gasteiger partial charge is 0.261 e. The Labute approximate surface area is 161 Å². The van der Waals surface area contributed by atoms with Crippen molar-refractivity contribution >= 4 is 28.4 Å². The number of fused-ring (bicyclic) bond motifs is 2. The van der Waals surface area contributed by atoms with Gasteiger partial charge in [0.1, 0.15) is 5.82 Å². The van der Waals surface area contributed by atoms with Gasteiger partial charge in [0.2, 0.25) is 0 Å². The van der Waals surface area contributed by atoms with E-state index in [4.69, 9.17) is 5.73 Å². The Morgan fingerprint density at radius 2 is 1.89 bits per heavy atom. The van der Waals surface area contributed by atoms with Gasteiger partial charge in [-0.15, -0.1) is 0 Å². The normalized spacial score (nSPS) is 13.6. The number of carbonyl (C=O) groups excluding carboxylic acids is 2. The number of anilines is 1. The second kappa shape index (κ2) is 7.26. The minimum atomic E-state index is -0.619. The Hall–Kier alpha value is -3.48. The van der Waals surface area contributed by atoms with Crippen LogP contribution >= 0.6 is 0 Å². The molecular weight excluding hydrogens is 356 g/mol. The van der Waals surface area contributed by atoms with Gasteiger partial charge in [-0.05, 0) is 43.2 Å². The van der Waals surface area contributed by atoms with Crippen LogP contribution in [0, 0.1) is 0 Å². The maximum absolute atomic E-state index is 12.8. The summed E-state index contributed by atoms with van der Waals surface area (Å²) in [4.78, 5) is 41.7. The zero-order chi connectivity index (χ0) is 19.7. The summed E-state index contributed by atoms with van der Waals surface area (Å²) in [5.41, 5.74) is 6.74. The number of hydrogen-bond donors (Lipinski definition) is 2. The summed E-state index contributed by atoms with van der Waals surface area (Å²) in [6.45, 7) is 0.684. The molecule has 0 radical (unpaired) electrons. The molecule has 0 fully saturated rings. The molecule has 3 aromatic rings. The highest BCUT2D eigenvalue weighted by Gasteiger charge is 2.16. The van der Waals surface area contributed by atoms with E-state index in [9.17, 15) is 14.4 Å². The Kier molecular flexibility index (Phi) is 4.65. The molecule has 1 aliphatic rings. The third-order valence-electron chi connectivity index (χ3n) is 5.02. The van der Waals surface area contributed by atoms with Gasteiger partial charge in [-0.1, -0.05) is 18.6 Å². The first-order valence-electron chi connectivity index (χ1n) is 9.28. The van der Waals surface area contributed by atoms with E-state index in [-0.39, 0.29) is 11.1 Å². The van der Waals surface area contributed by atoms with Crippen LogP contribution < -0.4 is 16.6 Å². The lowest BCUT2D eigenvalue weighted by Crippen LogP contribution is -2.25. The van der Waals surface area contributed by atoms with Crippen molar-refractivity contribution in [3.63, 3.8) is 0 Å². The van der Waals surface area contributed by atoms with Crippen molar-refractivity contribution in [1.82, 2.24) is 9.55 Å². The van der Waals surface area contributed by atoms with Gasteiger partial charge in [0.25, 0.3) is 17.4 Å². The molecule has 0 spiro atoms. The van der Waals surface area contributed by atoms with E-state index in [1.165, 1.54) is 0 Å². The van der Waals surface area contributed by atoms with Gasteiger partial charge < -0.3 is 11.1 Å². The Morgan fingerprint density at radius 3 is 2.71 bits per heavy atom. The predicted octanol–water partition coefficient (Wildman–Crippen LogP) is 2.47. The fraction of sp³-hybridized carbons (Fsp3) is 0.238. The summed E-state index contributed by atoms with van der Waals surface area (Å²) in [5.74, 6) is -0.245. The zero-order valence-corrected chi connectivity index (χ0v) is 15.3. The molecule has 28 heavy (non-hydrogen) atoms. The van der Waals surface area contributed by atoms with Crippen LogP contribution in [0.15, 0.2) is 47.3 Å². The highest BCUT2D eigenvalue weighted by Crippen LogP contribution is 2.19. The maximum Gasteiger partial charge on any atom is 0.261 e. The highest BCUT2D eigenvalue weighted by molar-refractivity contribution is 6.09. The van der Waals surface area contributed by atoms with Crippen LogP contribution in [0.25, 0.3) is 10.9 Å². The number of nitrogens with zero attached hydrogens (tertiary/aromatic N) is 2. The van der Waals surface area contributed by atoms with Gasteiger partial charge in [0.15, 0.2) is 0 Å². The minimum absolute atomic E-state index is 0.0621. The topological polar surface area (TPSA) is 107 Å². The molecule has 0 saturated carbocycles. The molecule has 2 heterocycles. The molecule has 3 N–H and O–H groups in total. The fourth-order valence-corrected chi connectivity index (χ4v) is 3.56. The number of aryl methyl sites for hydroxylation is 1. The first-order chi connectivity index (χ1) is 13.5. The lowest BCUT2D eigenvalue weighted by molar-refractivity contribution is 0.100. The molecule has 0 unspecified atom stereocenters. The summed E-state index contributed by atoms with van der Waals surface area (Å²) in [7, 11) is 0. The van der Waals surface area contributed by atoms with Crippen molar-refractivity contribution in [2.45, 2.75) is 32.2 Å². The van der Waals surface area contributed by atoms with E-state index >= 15 is 0 Å². The van der Waals surface area contributed by atoms with Gasteiger partial charge >= 0.3 is 0 Å². The van der Waals surface area contributed by atoms with Crippen LogP contribution in [0.2, 0.25) is 0 Å². The summed E-state index contributed by atoms with van der Waals surface area (Å²) in [6.07, 6.45) is 3.81. The molecular formula is C21H20N4O3. The molecule has 1 aliphatic heterocycles.